The van der Waals surface area contributed by atoms with Crippen molar-refractivity contribution in [3.05, 3.63) is 48.4 Å². The number of piperidine rings is 1. The van der Waals surface area contributed by atoms with Gasteiger partial charge >= 0.3 is 0 Å². The Bertz CT molecular complexity index is 787. The van der Waals surface area contributed by atoms with Crippen molar-refractivity contribution in [3.8, 4) is 0 Å². The maximum absolute atomic E-state index is 13.5. The van der Waals surface area contributed by atoms with Crippen LogP contribution < -0.4 is 4.90 Å². The fourth-order valence-corrected chi connectivity index (χ4v) is 4.85. The summed E-state index contributed by atoms with van der Waals surface area (Å²) >= 11 is 0. The molecule has 5 rings (SSSR count). The second-order valence-corrected chi connectivity index (χ2v) is 7.75. The van der Waals surface area contributed by atoms with Crippen LogP contribution >= 0.6 is 0 Å². The molecule has 5 nitrogen and oxygen atoms in total. The lowest BCUT2D eigenvalue weighted by atomic mass is 9.73. The molecule has 26 heavy (non-hydrogen) atoms. The Morgan fingerprint density at radius 2 is 2.00 bits per heavy atom. The van der Waals surface area contributed by atoms with E-state index in [1.54, 1.807) is 12.5 Å². The summed E-state index contributed by atoms with van der Waals surface area (Å²) in [6.45, 7) is 4.81. The molecule has 2 saturated heterocycles. The normalized spacial score (nSPS) is 25.2. The van der Waals surface area contributed by atoms with Crippen molar-refractivity contribution in [3.63, 3.8) is 0 Å². The fraction of sp³-hybridized carbons (Fsp3) is 0.476. The Labute approximate surface area is 153 Å². The molecule has 4 heterocycles. The number of benzene rings is 1. The van der Waals surface area contributed by atoms with E-state index in [1.165, 1.54) is 5.56 Å². The second-order valence-electron chi connectivity index (χ2n) is 7.75. The molecule has 3 aliphatic heterocycles. The Morgan fingerprint density at radius 3 is 2.73 bits per heavy atom. The number of likely N-dealkylation sites (tertiary alicyclic amines) is 1. The first-order chi connectivity index (χ1) is 12.8. The first-order valence-corrected chi connectivity index (χ1v) is 9.54. The molecular weight excluding hydrogens is 328 g/mol. The summed E-state index contributed by atoms with van der Waals surface area (Å²) in [7, 11) is 0. The average Bonchev–Trinajstić information content (AvgIpc) is 3.40. The zero-order valence-corrected chi connectivity index (χ0v) is 14.9. The average molecular weight is 352 g/mol. The minimum absolute atomic E-state index is 0.198. The van der Waals surface area contributed by atoms with Crippen LogP contribution in [-0.2, 0) is 14.9 Å². The number of fused-ring (bicyclic) bond motifs is 2. The number of para-hydroxylation sites is 1. The van der Waals surface area contributed by atoms with Gasteiger partial charge in [-0.15, -0.1) is 0 Å². The maximum atomic E-state index is 13.5. The van der Waals surface area contributed by atoms with E-state index in [2.05, 4.69) is 23.1 Å². The molecule has 0 saturated carbocycles. The summed E-state index contributed by atoms with van der Waals surface area (Å²) in [6, 6.07) is 10.1. The van der Waals surface area contributed by atoms with E-state index in [0.717, 1.165) is 63.5 Å². The third-order valence-corrected chi connectivity index (χ3v) is 6.29. The fourth-order valence-electron chi connectivity index (χ4n) is 4.85. The van der Waals surface area contributed by atoms with Gasteiger partial charge in [0.25, 0.3) is 0 Å². The molecule has 136 valence electrons. The minimum Gasteiger partial charge on any atom is -0.470 e. The summed E-state index contributed by atoms with van der Waals surface area (Å²) in [4.78, 5) is 17.9. The summed E-state index contributed by atoms with van der Waals surface area (Å²) in [5, 5.41) is 0. The van der Waals surface area contributed by atoms with Crippen molar-refractivity contribution in [2.45, 2.75) is 24.7 Å². The Balaban J connectivity index is 1.41. The van der Waals surface area contributed by atoms with Crippen LogP contribution in [0.25, 0.3) is 0 Å². The Hall–Kier alpha value is -2.11. The summed E-state index contributed by atoms with van der Waals surface area (Å²) in [5.41, 5.74) is 2.62. The highest BCUT2D eigenvalue weighted by molar-refractivity contribution is 6.12. The molecule has 1 aromatic heterocycles. The minimum atomic E-state index is -0.392. The monoisotopic (exact) mass is 352 g/mol. The standard InChI is InChI=1S/C21H24N2O3/c24-20-21(7-9-22(10-8-21)13-16-5-11-25-14-16)18-3-1-2-4-19(18)23(20)17-6-12-26-15-17/h1-4,6,12,15-16H,5,7-11,13-14H2. The highest BCUT2D eigenvalue weighted by Gasteiger charge is 2.52. The van der Waals surface area contributed by atoms with Gasteiger partial charge in [0.05, 0.1) is 29.7 Å². The van der Waals surface area contributed by atoms with E-state index in [1.807, 2.05) is 17.0 Å². The molecule has 0 N–H and O–H groups in total. The van der Waals surface area contributed by atoms with Gasteiger partial charge < -0.3 is 14.1 Å². The molecule has 1 unspecified atom stereocenters. The van der Waals surface area contributed by atoms with E-state index in [4.69, 9.17) is 9.15 Å². The molecule has 2 aromatic rings. The van der Waals surface area contributed by atoms with Crippen molar-refractivity contribution < 1.29 is 13.9 Å². The number of hydrogen-bond acceptors (Lipinski definition) is 4. The van der Waals surface area contributed by atoms with Crippen LogP contribution in [0.5, 0.6) is 0 Å². The van der Waals surface area contributed by atoms with Gasteiger partial charge in [-0.25, -0.2) is 0 Å². The van der Waals surface area contributed by atoms with Crippen LogP contribution in [-0.4, -0.2) is 43.7 Å². The van der Waals surface area contributed by atoms with Crippen molar-refractivity contribution in [2.24, 2.45) is 5.92 Å². The number of furan rings is 1. The quantitative estimate of drug-likeness (QED) is 0.850. The lowest BCUT2D eigenvalue weighted by Crippen LogP contribution is -2.48. The smallest absolute Gasteiger partial charge is 0.242 e. The van der Waals surface area contributed by atoms with E-state index in [-0.39, 0.29) is 5.91 Å². The molecule has 0 aliphatic carbocycles. The highest BCUT2D eigenvalue weighted by Crippen LogP contribution is 2.50. The van der Waals surface area contributed by atoms with Gasteiger partial charge in [-0.05, 0) is 49.9 Å². The van der Waals surface area contributed by atoms with E-state index in [9.17, 15) is 4.79 Å². The third-order valence-electron chi connectivity index (χ3n) is 6.29. The predicted molar refractivity (Wildman–Crippen MR) is 98.6 cm³/mol. The largest absolute Gasteiger partial charge is 0.470 e. The van der Waals surface area contributed by atoms with E-state index >= 15 is 0 Å². The first kappa shape index (κ1) is 16.1. The molecule has 1 aromatic carbocycles. The van der Waals surface area contributed by atoms with Crippen LogP contribution in [0.2, 0.25) is 0 Å². The van der Waals surface area contributed by atoms with Gasteiger partial charge in [0.15, 0.2) is 0 Å². The molecule has 0 radical (unpaired) electrons. The molecular formula is C21H24N2O3. The zero-order valence-electron chi connectivity index (χ0n) is 14.9. The van der Waals surface area contributed by atoms with Crippen molar-refractivity contribution in [1.82, 2.24) is 4.90 Å². The second kappa shape index (κ2) is 6.25. The van der Waals surface area contributed by atoms with Gasteiger partial charge in [0.1, 0.15) is 6.26 Å². The topological polar surface area (TPSA) is 45.9 Å². The van der Waals surface area contributed by atoms with E-state index < -0.39 is 5.41 Å². The van der Waals surface area contributed by atoms with E-state index in [0.29, 0.717) is 5.92 Å². The molecule has 1 amide bonds. The van der Waals surface area contributed by atoms with Crippen LogP contribution in [0.1, 0.15) is 24.8 Å². The summed E-state index contributed by atoms with van der Waals surface area (Å²) in [5.74, 6) is 0.849. The zero-order chi connectivity index (χ0) is 17.6. The number of hydrogen-bond donors (Lipinski definition) is 0. The number of carbonyl (C=O) groups excluding carboxylic acids is 1. The van der Waals surface area contributed by atoms with Gasteiger partial charge in [-0.3, -0.25) is 9.69 Å². The van der Waals surface area contributed by atoms with Crippen LogP contribution in [0.15, 0.2) is 47.3 Å². The Morgan fingerprint density at radius 1 is 1.15 bits per heavy atom. The number of nitrogens with zero attached hydrogens (tertiary/aromatic N) is 2. The SMILES string of the molecule is O=C1N(c2ccoc2)c2ccccc2C12CCN(CC1CCOC1)CC2. The lowest BCUT2D eigenvalue weighted by Gasteiger charge is -2.39. The van der Waals surface area contributed by atoms with Crippen molar-refractivity contribution >= 4 is 17.3 Å². The van der Waals surface area contributed by atoms with Crippen molar-refractivity contribution in [2.75, 3.05) is 37.7 Å². The van der Waals surface area contributed by atoms with Gasteiger partial charge in [-0.2, -0.15) is 0 Å². The van der Waals surface area contributed by atoms with Gasteiger partial charge in [0.2, 0.25) is 5.91 Å². The number of carbonyl (C=O) groups is 1. The summed E-state index contributed by atoms with van der Waals surface area (Å²) < 4.78 is 10.8. The molecule has 1 spiro atoms. The first-order valence-electron chi connectivity index (χ1n) is 9.54. The van der Waals surface area contributed by atoms with Gasteiger partial charge in [-0.1, -0.05) is 18.2 Å². The van der Waals surface area contributed by atoms with Crippen LogP contribution in [0.3, 0.4) is 0 Å². The highest BCUT2D eigenvalue weighted by atomic mass is 16.5. The van der Waals surface area contributed by atoms with Crippen LogP contribution in [0, 0.1) is 5.92 Å². The molecule has 1 atom stereocenters. The Kier molecular flexibility index (Phi) is 3.87. The van der Waals surface area contributed by atoms with Gasteiger partial charge in [0, 0.05) is 19.2 Å². The number of rotatable bonds is 3. The number of amides is 1. The number of ether oxygens (including phenoxy) is 1. The summed E-state index contributed by atoms with van der Waals surface area (Å²) in [6.07, 6.45) is 6.21. The molecule has 3 aliphatic rings. The maximum Gasteiger partial charge on any atom is 0.242 e. The molecule has 0 bridgehead atoms. The van der Waals surface area contributed by atoms with Crippen LogP contribution in [0.4, 0.5) is 11.4 Å². The number of anilines is 2. The van der Waals surface area contributed by atoms with Crippen molar-refractivity contribution in [1.29, 1.82) is 0 Å². The molecule has 5 heteroatoms. The predicted octanol–water partition coefficient (Wildman–Crippen LogP) is 3.33. The molecule has 2 fully saturated rings. The third kappa shape index (κ3) is 2.42. The lowest BCUT2D eigenvalue weighted by molar-refractivity contribution is -0.124.